The Morgan fingerprint density at radius 1 is 1.50 bits per heavy atom. The minimum Gasteiger partial charge on any atom is -0.323 e. The third-order valence-corrected chi connectivity index (χ3v) is 2.79. The Hall–Kier alpha value is -0.780. The van der Waals surface area contributed by atoms with Crippen LogP contribution in [0.5, 0.6) is 0 Å². The quantitative estimate of drug-likeness (QED) is 0.814. The van der Waals surface area contributed by atoms with Gasteiger partial charge in [0, 0.05) is 6.04 Å². The predicted molar refractivity (Wildman–Crippen MR) is 53.7 cm³/mol. The first-order chi connectivity index (χ1) is 7.26. The van der Waals surface area contributed by atoms with Gasteiger partial charge in [-0.15, -0.1) is 0 Å². The molecule has 1 N–H and O–H groups in total. The lowest BCUT2D eigenvalue weighted by Crippen LogP contribution is -2.44. The van der Waals surface area contributed by atoms with Crippen LogP contribution in [0.4, 0.5) is 13.2 Å². The first-order valence-electron chi connectivity index (χ1n) is 5.41. The van der Waals surface area contributed by atoms with Crippen molar-refractivity contribution in [2.24, 2.45) is 0 Å². The summed E-state index contributed by atoms with van der Waals surface area (Å²) in [5.41, 5.74) is 0. The van der Waals surface area contributed by atoms with Gasteiger partial charge in [-0.25, -0.2) is 0 Å². The van der Waals surface area contributed by atoms with E-state index in [1.54, 1.807) is 6.92 Å². The van der Waals surface area contributed by atoms with Gasteiger partial charge in [-0.1, -0.05) is 6.92 Å². The maximum atomic E-state index is 12.3. The molecule has 0 aromatic rings. The van der Waals surface area contributed by atoms with Gasteiger partial charge in [0.25, 0.3) is 0 Å². The molecule has 3 unspecified atom stereocenters. The average molecular weight is 238 g/mol. The fourth-order valence-electron chi connectivity index (χ4n) is 2.09. The lowest BCUT2D eigenvalue weighted by Gasteiger charge is -2.30. The molecule has 1 heterocycles. The molecule has 1 saturated heterocycles. The molecule has 0 radical (unpaired) electrons. The molecule has 1 aliphatic heterocycles. The van der Waals surface area contributed by atoms with E-state index in [4.69, 9.17) is 0 Å². The summed E-state index contributed by atoms with van der Waals surface area (Å²) < 4.78 is 36.8. The van der Waals surface area contributed by atoms with E-state index in [1.165, 1.54) is 11.8 Å². The van der Waals surface area contributed by atoms with Crippen molar-refractivity contribution >= 4 is 5.91 Å². The number of amides is 1. The minimum absolute atomic E-state index is 0.247. The highest BCUT2D eigenvalue weighted by Gasteiger charge is 2.41. The third-order valence-electron chi connectivity index (χ3n) is 2.79. The molecule has 6 heteroatoms. The summed E-state index contributed by atoms with van der Waals surface area (Å²) in [6, 6.07) is -1.20. The second-order valence-electron chi connectivity index (χ2n) is 4.23. The van der Waals surface area contributed by atoms with Gasteiger partial charge in [-0.2, -0.15) is 13.2 Å². The minimum atomic E-state index is -4.23. The number of halogens is 3. The van der Waals surface area contributed by atoms with Gasteiger partial charge in [0.2, 0.25) is 5.91 Å². The van der Waals surface area contributed by atoms with Gasteiger partial charge in [0.15, 0.2) is 0 Å². The van der Waals surface area contributed by atoms with Crippen molar-refractivity contribution in [1.82, 2.24) is 10.2 Å². The van der Waals surface area contributed by atoms with Crippen LogP contribution in [-0.4, -0.2) is 35.2 Å². The van der Waals surface area contributed by atoms with Gasteiger partial charge >= 0.3 is 6.18 Å². The Balaban J connectivity index is 2.73. The van der Waals surface area contributed by atoms with E-state index in [1.807, 2.05) is 6.92 Å². The highest BCUT2D eigenvalue weighted by molar-refractivity contribution is 5.84. The summed E-state index contributed by atoms with van der Waals surface area (Å²) in [5, 5.41) is 2.98. The summed E-state index contributed by atoms with van der Waals surface area (Å²) in [6.45, 7) is 4.95. The maximum absolute atomic E-state index is 12.3. The van der Waals surface area contributed by atoms with Gasteiger partial charge in [-0.05, 0) is 20.3 Å². The van der Waals surface area contributed by atoms with E-state index in [0.717, 1.165) is 0 Å². The Morgan fingerprint density at radius 3 is 2.50 bits per heavy atom. The van der Waals surface area contributed by atoms with Gasteiger partial charge in [0.05, 0.1) is 18.6 Å². The molecule has 1 fully saturated rings. The van der Waals surface area contributed by atoms with E-state index >= 15 is 0 Å². The smallest absolute Gasteiger partial charge is 0.323 e. The molecule has 0 bridgehead atoms. The molecule has 1 amide bonds. The van der Waals surface area contributed by atoms with Crippen molar-refractivity contribution in [2.45, 2.75) is 58.0 Å². The van der Waals surface area contributed by atoms with Crippen LogP contribution >= 0.6 is 0 Å². The molecule has 3 nitrogen and oxygen atoms in total. The zero-order valence-electron chi connectivity index (χ0n) is 9.64. The third kappa shape index (κ3) is 2.87. The van der Waals surface area contributed by atoms with E-state index in [-0.39, 0.29) is 18.1 Å². The molecule has 0 spiro atoms. The normalized spacial score (nSPS) is 28.6. The summed E-state index contributed by atoms with van der Waals surface area (Å²) in [7, 11) is 0. The van der Waals surface area contributed by atoms with E-state index < -0.39 is 18.6 Å². The van der Waals surface area contributed by atoms with Crippen molar-refractivity contribution in [3.8, 4) is 0 Å². The standard InChI is InChI=1S/C10H17F3N2O/c1-4-8-14-7(3)9(16)15(8)6(2)5-10(11,12)13/h6-8,14H,4-5H2,1-3H3. The number of carbonyl (C=O) groups is 1. The van der Waals surface area contributed by atoms with Gasteiger partial charge in [-0.3, -0.25) is 10.1 Å². The van der Waals surface area contributed by atoms with Crippen LogP contribution in [0.15, 0.2) is 0 Å². The van der Waals surface area contributed by atoms with Crippen molar-refractivity contribution < 1.29 is 18.0 Å². The number of hydrogen-bond acceptors (Lipinski definition) is 2. The van der Waals surface area contributed by atoms with Crippen molar-refractivity contribution in [1.29, 1.82) is 0 Å². The number of carbonyl (C=O) groups excluding carboxylic acids is 1. The molecular formula is C10H17F3N2O. The first kappa shape index (κ1) is 13.3. The fourth-order valence-corrected chi connectivity index (χ4v) is 2.09. The van der Waals surface area contributed by atoms with Gasteiger partial charge in [0.1, 0.15) is 0 Å². The number of nitrogens with one attached hydrogen (secondary N) is 1. The number of alkyl halides is 3. The number of hydrogen-bond donors (Lipinski definition) is 1. The van der Waals surface area contributed by atoms with E-state index in [2.05, 4.69) is 5.32 Å². The van der Waals surface area contributed by atoms with Crippen LogP contribution in [-0.2, 0) is 4.79 Å². The molecule has 3 atom stereocenters. The average Bonchev–Trinajstić information content (AvgIpc) is 2.40. The SMILES string of the molecule is CCC1NC(C)C(=O)N1C(C)CC(F)(F)F. The first-order valence-corrected chi connectivity index (χ1v) is 5.41. The van der Waals surface area contributed by atoms with Crippen molar-refractivity contribution in [3.63, 3.8) is 0 Å². The lowest BCUT2D eigenvalue weighted by molar-refractivity contribution is -0.153. The summed E-state index contributed by atoms with van der Waals surface area (Å²) in [6.07, 6.45) is -4.86. The molecule has 0 aliphatic carbocycles. The summed E-state index contributed by atoms with van der Waals surface area (Å²) in [4.78, 5) is 13.0. The Labute approximate surface area is 93.0 Å². The summed E-state index contributed by atoms with van der Waals surface area (Å²) in [5.74, 6) is -0.247. The zero-order chi connectivity index (χ0) is 12.5. The van der Waals surface area contributed by atoms with Crippen LogP contribution in [0.1, 0.15) is 33.6 Å². The molecule has 0 aromatic carbocycles. The summed E-state index contributed by atoms with van der Waals surface area (Å²) >= 11 is 0. The number of nitrogens with zero attached hydrogens (tertiary/aromatic N) is 1. The second kappa shape index (κ2) is 4.61. The number of rotatable bonds is 3. The predicted octanol–water partition coefficient (Wildman–Crippen LogP) is 1.88. The molecule has 16 heavy (non-hydrogen) atoms. The maximum Gasteiger partial charge on any atom is 0.391 e. The lowest BCUT2D eigenvalue weighted by atomic mass is 10.1. The van der Waals surface area contributed by atoms with Crippen LogP contribution in [0.2, 0.25) is 0 Å². The molecule has 1 rings (SSSR count). The van der Waals surface area contributed by atoms with Crippen molar-refractivity contribution in [2.75, 3.05) is 0 Å². The molecule has 94 valence electrons. The molecule has 1 aliphatic rings. The van der Waals surface area contributed by atoms with Crippen LogP contribution in [0.3, 0.4) is 0 Å². The Morgan fingerprint density at radius 2 is 2.06 bits per heavy atom. The van der Waals surface area contributed by atoms with E-state index in [0.29, 0.717) is 6.42 Å². The molecule has 0 aromatic heterocycles. The largest absolute Gasteiger partial charge is 0.391 e. The van der Waals surface area contributed by atoms with Crippen LogP contribution in [0.25, 0.3) is 0 Å². The zero-order valence-corrected chi connectivity index (χ0v) is 9.64. The monoisotopic (exact) mass is 238 g/mol. The molecule has 0 saturated carbocycles. The Bertz CT molecular complexity index is 267. The highest BCUT2D eigenvalue weighted by Crippen LogP contribution is 2.27. The highest BCUT2D eigenvalue weighted by atomic mass is 19.4. The molecular weight excluding hydrogens is 221 g/mol. The second-order valence-corrected chi connectivity index (χ2v) is 4.23. The van der Waals surface area contributed by atoms with Crippen molar-refractivity contribution in [3.05, 3.63) is 0 Å². The van der Waals surface area contributed by atoms with Gasteiger partial charge < -0.3 is 4.90 Å². The topological polar surface area (TPSA) is 32.3 Å². The fraction of sp³-hybridized carbons (Fsp3) is 0.900. The van der Waals surface area contributed by atoms with E-state index in [9.17, 15) is 18.0 Å². The van der Waals surface area contributed by atoms with Crippen LogP contribution < -0.4 is 5.32 Å². The Kier molecular flexibility index (Phi) is 3.83. The van der Waals surface area contributed by atoms with Crippen LogP contribution in [0, 0.1) is 0 Å².